The van der Waals surface area contributed by atoms with E-state index in [-0.39, 0.29) is 40.0 Å². The van der Waals surface area contributed by atoms with E-state index in [0.29, 0.717) is 43.6 Å². The molecule has 0 radical (unpaired) electrons. The highest BCUT2D eigenvalue weighted by Crippen LogP contribution is 2.43. The maximum atomic E-state index is 15.4. The number of hydrogen-bond acceptors (Lipinski definition) is 8. The number of methoxy groups -OCH3 is 1. The van der Waals surface area contributed by atoms with Gasteiger partial charge in [-0.1, -0.05) is 11.6 Å². The first-order valence-electron chi connectivity index (χ1n) is 12.9. The van der Waals surface area contributed by atoms with Gasteiger partial charge in [0.25, 0.3) is 0 Å². The standard InChI is InChI=1S/C25H28BrClF2N6O4/c1-38-8-5-15-16-4-3-14(35(16)24(36)37)11-34(15)22-17-19(18(29)21(27)31-20(17)26)30-23(32-22)39-12-25-6-2-7-33(25)10-13(28)9-25/h5,8,13-16H,2-4,6-7,9-12H2,1H3,(H,36,37)/t13-,14-,15+,16+,25+/m1/s1. The van der Waals surface area contributed by atoms with E-state index in [0.717, 1.165) is 19.4 Å². The van der Waals surface area contributed by atoms with Crippen molar-refractivity contribution in [2.24, 2.45) is 0 Å². The van der Waals surface area contributed by atoms with Gasteiger partial charge < -0.3 is 19.5 Å². The maximum Gasteiger partial charge on any atom is 0.407 e. The summed E-state index contributed by atoms with van der Waals surface area (Å²) in [6, 6.07) is -1.15. The summed E-state index contributed by atoms with van der Waals surface area (Å²) in [7, 11) is 1.51. The highest BCUT2D eigenvalue weighted by atomic mass is 79.9. The van der Waals surface area contributed by atoms with Gasteiger partial charge in [0.05, 0.1) is 42.4 Å². The molecule has 2 bridgehead atoms. The van der Waals surface area contributed by atoms with Gasteiger partial charge in [0.15, 0.2) is 11.0 Å². The predicted octanol–water partition coefficient (Wildman–Crippen LogP) is 4.39. The quantitative estimate of drug-likeness (QED) is 0.368. The van der Waals surface area contributed by atoms with Crippen molar-refractivity contribution in [1.29, 1.82) is 0 Å². The van der Waals surface area contributed by atoms with Gasteiger partial charge in [-0.15, -0.1) is 0 Å². The van der Waals surface area contributed by atoms with E-state index in [1.54, 1.807) is 6.08 Å². The fraction of sp³-hybridized carbons (Fsp3) is 0.600. The van der Waals surface area contributed by atoms with Gasteiger partial charge in [0, 0.05) is 19.5 Å². The first-order valence-corrected chi connectivity index (χ1v) is 14.1. The Bertz CT molecular complexity index is 1340. The molecule has 6 rings (SSSR count). The normalized spacial score (nSPS) is 30.5. The number of amides is 1. The number of fused-ring (bicyclic) bond motifs is 4. The van der Waals surface area contributed by atoms with Crippen LogP contribution in [0, 0.1) is 5.82 Å². The lowest BCUT2D eigenvalue weighted by Gasteiger charge is -2.45. The van der Waals surface area contributed by atoms with Crippen LogP contribution in [0.3, 0.4) is 0 Å². The van der Waals surface area contributed by atoms with E-state index in [2.05, 4.69) is 30.8 Å². The number of anilines is 1. The summed E-state index contributed by atoms with van der Waals surface area (Å²) < 4.78 is 41.2. The van der Waals surface area contributed by atoms with Crippen molar-refractivity contribution in [3.63, 3.8) is 0 Å². The summed E-state index contributed by atoms with van der Waals surface area (Å²) in [5.74, 6) is -0.474. The Morgan fingerprint density at radius 2 is 2.13 bits per heavy atom. The summed E-state index contributed by atoms with van der Waals surface area (Å²) in [5.41, 5.74) is -0.511. The highest BCUT2D eigenvalue weighted by Gasteiger charge is 2.50. The molecule has 2 aromatic heterocycles. The van der Waals surface area contributed by atoms with Crippen LogP contribution in [0.15, 0.2) is 16.9 Å². The van der Waals surface area contributed by atoms with Crippen LogP contribution in [0.2, 0.25) is 5.15 Å². The lowest BCUT2D eigenvalue weighted by atomic mass is 9.95. The molecule has 10 nitrogen and oxygen atoms in total. The maximum absolute atomic E-state index is 15.4. The Kier molecular flexibility index (Phi) is 6.95. The number of carbonyl (C=O) groups is 1. The number of ether oxygens (including phenoxy) is 2. The number of pyridine rings is 1. The minimum absolute atomic E-state index is 0.0587. The molecule has 2 aromatic rings. The number of carboxylic acid groups (broad SMARTS) is 1. The number of piperazine rings is 1. The van der Waals surface area contributed by atoms with E-state index < -0.39 is 29.7 Å². The highest BCUT2D eigenvalue weighted by molar-refractivity contribution is 9.10. The van der Waals surface area contributed by atoms with Crippen LogP contribution in [0.1, 0.15) is 32.1 Å². The lowest BCUT2D eigenvalue weighted by molar-refractivity contribution is 0.105. The van der Waals surface area contributed by atoms with Crippen molar-refractivity contribution in [3.05, 3.63) is 27.9 Å². The van der Waals surface area contributed by atoms with Crippen molar-refractivity contribution in [2.45, 2.75) is 61.9 Å². The van der Waals surface area contributed by atoms with Crippen LogP contribution in [-0.4, -0.2) is 99.1 Å². The Morgan fingerprint density at radius 3 is 2.90 bits per heavy atom. The summed E-state index contributed by atoms with van der Waals surface area (Å²) >= 11 is 9.49. The molecule has 4 saturated heterocycles. The zero-order valence-electron chi connectivity index (χ0n) is 21.2. The van der Waals surface area contributed by atoms with Crippen molar-refractivity contribution in [1.82, 2.24) is 24.8 Å². The second kappa shape index (κ2) is 10.2. The minimum atomic E-state index is -0.988. The van der Waals surface area contributed by atoms with E-state index in [4.69, 9.17) is 26.1 Å². The SMILES string of the molecule is COC=C[C@H]1[C@@H]2CC[C@H](CN1c1nc(OC[C@@]34CCCN3C[C@H](F)C4)nc3c(F)c(Cl)nc(Br)c13)N2C(=O)O. The van der Waals surface area contributed by atoms with E-state index in [1.165, 1.54) is 18.3 Å². The van der Waals surface area contributed by atoms with Crippen LogP contribution in [0.5, 0.6) is 6.01 Å². The number of alkyl halides is 1. The van der Waals surface area contributed by atoms with E-state index in [1.807, 2.05) is 4.90 Å². The van der Waals surface area contributed by atoms with E-state index in [9.17, 15) is 14.3 Å². The Morgan fingerprint density at radius 1 is 1.31 bits per heavy atom. The minimum Gasteiger partial charge on any atom is -0.505 e. The van der Waals surface area contributed by atoms with Crippen LogP contribution in [0.25, 0.3) is 10.9 Å². The predicted molar refractivity (Wildman–Crippen MR) is 143 cm³/mol. The number of rotatable bonds is 6. The van der Waals surface area contributed by atoms with Crippen LogP contribution in [0.4, 0.5) is 19.4 Å². The zero-order chi connectivity index (χ0) is 27.5. The first-order chi connectivity index (χ1) is 18.7. The van der Waals surface area contributed by atoms with Crippen LogP contribution in [-0.2, 0) is 4.74 Å². The number of hydrogen-bond donors (Lipinski definition) is 1. The third-order valence-corrected chi connectivity index (χ3v) is 9.33. The van der Waals surface area contributed by atoms with Crippen LogP contribution >= 0.6 is 27.5 Å². The molecular formula is C25H28BrClF2N6O4. The third-order valence-electron chi connectivity index (χ3n) is 8.50. The molecule has 1 amide bonds. The Hall–Kier alpha value is -2.51. The molecule has 39 heavy (non-hydrogen) atoms. The van der Waals surface area contributed by atoms with Gasteiger partial charge in [-0.2, -0.15) is 9.97 Å². The van der Waals surface area contributed by atoms with Gasteiger partial charge >= 0.3 is 12.1 Å². The van der Waals surface area contributed by atoms with Crippen LogP contribution < -0.4 is 9.64 Å². The average Bonchev–Trinajstić information content (AvgIpc) is 3.54. The van der Waals surface area contributed by atoms with Gasteiger partial charge in [-0.05, 0) is 54.2 Å². The second-order valence-electron chi connectivity index (χ2n) is 10.6. The average molecular weight is 630 g/mol. The fourth-order valence-corrected chi connectivity index (χ4v) is 7.71. The fourth-order valence-electron chi connectivity index (χ4n) is 6.89. The van der Waals surface area contributed by atoms with Crippen molar-refractivity contribution < 1.29 is 28.2 Å². The molecule has 4 fully saturated rings. The molecule has 1 N–H and O–H groups in total. The van der Waals surface area contributed by atoms with Crippen molar-refractivity contribution in [2.75, 3.05) is 38.3 Å². The molecule has 14 heteroatoms. The summed E-state index contributed by atoms with van der Waals surface area (Å²) in [4.78, 5) is 30.8. The Balaban J connectivity index is 1.44. The lowest BCUT2D eigenvalue weighted by Crippen LogP contribution is -2.60. The molecule has 210 valence electrons. The van der Waals surface area contributed by atoms with Crippen molar-refractivity contribution in [3.8, 4) is 6.01 Å². The summed E-state index contributed by atoms with van der Waals surface area (Å²) in [5, 5.41) is 9.85. The molecule has 4 aliphatic rings. The first kappa shape index (κ1) is 26.7. The molecular weight excluding hydrogens is 602 g/mol. The monoisotopic (exact) mass is 628 g/mol. The number of halogens is 4. The largest absolute Gasteiger partial charge is 0.505 e. The van der Waals surface area contributed by atoms with Gasteiger partial charge in [-0.3, -0.25) is 9.80 Å². The topological polar surface area (TPSA) is 104 Å². The molecule has 0 saturated carbocycles. The molecule has 6 heterocycles. The van der Waals surface area contributed by atoms with Crippen molar-refractivity contribution >= 4 is 50.3 Å². The molecule has 4 aliphatic heterocycles. The molecule has 0 unspecified atom stereocenters. The summed E-state index contributed by atoms with van der Waals surface area (Å²) in [6.45, 7) is 1.66. The third kappa shape index (κ3) is 4.46. The van der Waals surface area contributed by atoms with Gasteiger partial charge in [-0.25, -0.2) is 18.6 Å². The molecule has 0 aromatic carbocycles. The Labute approximate surface area is 237 Å². The summed E-state index contributed by atoms with van der Waals surface area (Å²) in [6.07, 6.45) is 4.82. The smallest absolute Gasteiger partial charge is 0.407 e. The molecule has 0 aliphatic carbocycles. The number of nitrogens with zero attached hydrogens (tertiary/aromatic N) is 6. The second-order valence-corrected chi connectivity index (χ2v) is 11.7. The van der Waals surface area contributed by atoms with E-state index >= 15 is 4.39 Å². The molecule has 5 atom stereocenters. The van der Waals surface area contributed by atoms with Gasteiger partial charge in [0.1, 0.15) is 28.7 Å². The molecule has 0 spiro atoms. The van der Waals surface area contributed by atoms with Gasteiger partial charge in [0.2, 0.25) is 0 Å². The number of aromatic nitrogens is 3. The zero-order valence-corrected chi connectivity index (χ0v) is 23.5.